The summed E-state index contributed by atoms with van der Waals surface area (Å²) in [5, 5.41) is 3.61. The van der Waals surface area contributed by atoms with Gasteiger partial charge in [-0.25, -0.2) is 4.79 Å². The molecular weight excluding hydrogens is 338 g/mol. The van der Waals surface area contributed by atoms with Gasteiger partial charge in [-0.3, -0.25) is 14.3 Å². The molecule has 1 heterocycles. The Morgan fingerprint density at radius 3 is 2.44 bits per heavy atom. The van der Waals surface area contributed by atoms with Crippen LogP contribution in [-0.4, -0.2) is 27.3 Å². The van der Waals surface area contributed by atoms with Gasteiger partial charge in [-0.15, -0.1) is 0 Å². The van der Waals surface area contributed by atoms with E-state index in [-0.39, 0.29) is 17.5 Å². The SMILES string of the molecule is CCCCCN(C(=S)NC(C)C)c1c(N)n(CCCC)c(=O)[nH]c1=O. The van der Waals surface area contributed by atoms with Gasteiger partial charge >= 0.3 is 5.69 Å². The largest absolute Gasteiger partial charge is 0.383 e. The first-order chi connectivity index (χ1) is 11.8. The van der Waals surface area contributed by atoms with Gasteiger partial charge in [-0.2, -0.15) is 0 Å². The highest BCUT2D eigenvalue weighted by atomic mass is 32.1. The Morgan fingerprint density at radius 1 is 1.24 bits per heavy atom. The maximum atomic E-state index is 12.5. The number of nitrogens with one attached hydrogen (secondary N) is 2. The molecule has 0 spiro atoms. The third kappa shape index (κ3) is 5.88. The molecule has 0 unspecified atom stereocenters. The van der Waals surface area contributed by atoms with Crippen molar-refractivity contribution < 1.29 is 0 Å². The van der Waals surface area contributed by atoms with E-state index in [2.05, 4.69) is 17.2 Å². The van der Waals surface area contributed by atoms with Crippen LogP contribution < -0.4 is 27.2 Å². The summed E-state index contributed by atoms with van der Waals surface area (Å²) < 4.78 is 1.42. The Hall–Kier alpha value is -1.83. The Kier molecular flexibility index (Phi) is 8.68. The Labute approximate surface area is 154 Å². The van der Waals surface area contributed by atoms with E-state index in [9.17, 15) is 9.59 Å². The van der Waals surface area contributed by atoms with E-state index in [1.165, 1.54) is 4.57 Å². The fraction of sp³-hybridized carbons (Fsp3) is 0.706. The van der Waals surface area contributed by atoms with Crippen LogP contribution in [0.15, 0.2) is 9.59 Å². The van der Waals surface area contributed by atoms with Crippen LogP contribution >= 0.6 is 12.2 Å². The minimum Gasteiger partial charge on any atom is -0.383 e. The third-order valence-corrected chi connectivity index (χ3v) is 4.20. The molecule has 0 saturated carbocycles. The highest BCUT2D eigenvalue weighted by Gasteiger charge is 2.22. The summed E-state index contributed by atoms with van der Waals surface area (Å²) in [5.74, 6) is 0.173. The van der Waals surface area contributed by atoms with Crippen LogP contribution in [0.5, 0.6) is 0 Å². The molecule has 0 bridgehead atoms. The van der Waals surface area contributed by atoms with Gasteiger partial charge < -0.3 is 16.0 Å². The van der Waals surface area contributed by atoms with Crippen LogP contribution in [0, 0.1) is 0 Å². The van der Waals surface area contributed by atoms with Gasteiger partial charge in [-0.05, 0) is 38.9 Å². The summed E-state index contributed by atoms with van der Waals surface area (Å²) >= 11 is 5.49. The molecule has 1 aromatic heterocycles. The summed E-state index contributed by atoms with van der Waals surface area (Å²) in [6.45, 7) is 9.15. The van der Waals surface area contributed by atoms with Gasteiger partial charge in [0.1, 0.15) is 5.82 Å². The lowest BCUT2D eigenvalue weighted by Gasteiger charge is -2.28. The topological polar surface area (TPSA) is 96.2 Å². The average molecular weight is 370 g/mol. The quantitative estimate of drug-likeness (QED) is 0.456. The monoisotopic (exact) mass is 369 g/mol. The minimum absolute atomic E-state index is 0.132. The van der Waals surface area contributed by atoms with E-state index in [0.29, 0.717) is 18.2 Å². The first-order valence-corrected chi connectivity index (χ1v) is 9.44. The maximum absolute atomic E-state index is 12.5. The number of anilines is 2. The van der Waals surface area contributed by atoms with E-state index in [1.807, 2.05) is 20.8 Å². The first kappa shape index (κ1) is 21.2. The molecule has 0 radical (unpaired) electrons. The molecule has 0 aromatic carbocycles. The van der Waals surface area contributed by atoms with Gasteiger partial charge in [-0.1, -0.05) is 33.1 Å². The van der Waals surface area contributed by atoms with Crippen molar-refractivity contribution in [1.82, 2.24) is 14.9 Å². The normalized spacial score (nSPS) is 10.9. The molecule has 25 heavy (non-hydrogen) atoms. The van der Waals surface area contributed by atoms with Gasteiger partial charge in [0.25, 0.3) is 5.56 Å². The number of unbranched alkanes of at least 4 members (excludes halogenated alkanes) is 3. The fourth-order valence-corrected chi connectivity index (χ4v) is 2.95. The van der Waals surface area contributed by atoms with Crippen LogP contribution in [0.4, 0.5) is 11.5 Å². The summed E-state index contributed by atoms with van der Waals surface area (Å²) in [6, 6.07) is 0.132. The number of thiocarbonyl (C=S) groups is 1. The van der Waals surface area contributed by atoms with Crippen molar-refractivity contribution in [1.29, 1.82) is 0 Å². The Morgan fingerprint density at radius 2 is 1.88 bits per heavy atom. The summed E-state index contributed by atoms with van der Waals surface area (Å²) in [6.07, 6.45) is 4.69. The zero-order valence-electron chi connectivity index (χ0n) is 15.7. The van der Waals surface area contributed by atoms with E-state index in [1.54, 1.807) is 4.90 Å². The molecule has 0 saturated heterocycles. The van der Waals surface area contributed by atoms with Crippen molar-refractivity contribution in [2.75, 3.05) is 17.2 Å². The first-order valence-electron chi connectivity index (χ1n) is 9.04. The van der Waals surface area contributed by atoms with Crippen molar-refractivity contribution in [2.45, 2.75) is 72.4 Å². The van der Waals surface area contributed by atoms with E-state index in [0.717, 1.165) is 32.1 Å². The lowest BCUT2D eigenvalue weighted by molar-refractivity contribution is 0.603. The van der Waals surface area contributed by atoms with Crippen LogP contribution in [0.3, 0.4) is 0 Å². The molecule has 1 rings (SSSR count). The summed E-state index contributed by atoms with van der Waals surface area (Å²) in [7, 11) is 0. The Balaban J connectivity index is 3.33. The van der Waals surface area contributed by atoms with Crippen LogP contribution in [0.25, 0.3) is 0 Å². The average Bonchev–Trinajstić information content (AvgIpc) is 2.52. The van der Waals surface area contributed by atoms with Gasteiger partial charge in [0.05, 0.1) is 0 Å². The van der Waals surface area contributed by atoms with Crippen molar-refractivity contribution in [3.05, 3.63) is 20.8 Å². The second kappa shape index (κ2) is 10.2. The molecule has 0 aliphatic rings. The molecule has 0 fully saturated rings. The minimum atomic E-state index is -0.500. The number of hydrogen-bond donors (Lipinski definition) is 3. The van der Waals surface area contributed by atoms with E-state index >= 15 is 0 Å². The van der Waals surface area contributed by atoms with Crippen LogP contribution in [0.2, 0.25) is 0 Å². The molecule has 0 aliphatic carbocycles. The van der Waals surface area contributed by atoms with Gasteiger partial charge in [0.2, 0.25) is 0 Å². The van der Waals surface area contributed by atoms with E-state index in [4.69, 9.17) is 18.0 Å². The van der Waals surface area contributed by atoms with Crippen LogP contribution in [-0.2, 0) is 6.54 Å². The lowest BCUT2D eigenvalue weighted by atomic mass is 10.2. The van der Waals surface area contributed by atoms with Gasteiger partial charge in [0.15, 0.2) is 10.8 Å². The molecule has 142 valence electrons. The zero-order chi connectivity index (χ0) is 19.0. The number of rotatable bonds is 9. The number of nitrogens with two attached hydrogens (primary N) is 1. The standard InChI is InChI=1S/C17H31N5O2S/c1-5-7-9-11-21(17(25)19-12(3)4)13-14(18)22(10-8-6-2)16(24)20-15(13)23/h12H,5-11,18H2,1-4H3,(H,19,25)(H,20,23,24). The fourth-order valence-electron chi connectivity index (χ4n) is 2.54. The second-order valence-corrected chi connectivity index (χ2v) is 6.85. The molecular formula is C17H31N5O2S. The highest BCUT2D eigenvalue weighted by molar-refractivity contribution is 7.80. The molecule has 8 heteroatoms. The lowest BCUT2D eigenvalue weighted by Crippen LogP contribution is -2.47. The number of aromatic nitrogens is 2. The smallest absolute Gasteiger partial charge is 0.330 e. The molecule has 0 aliphatic heterocycles. The van der Waals surface area contributed by atoms with Crippen molar-refractivity contribution in [3.8, 4) is 0 Å². The predicted octanol–water partition coefficient (Wildman–Crippen LogP) is 2.20. The molecule has 1 aromatic rings. The van der Waals surface area contributed by atoms with Crippen molar-refractivity contribution in [3.63, 3.8) is 0 Å². The summed E-state index contributed by atoms with van der Waals surface area (Å²) in [4.78, 5) is 28.7. The number of nitrogen functional groups attached to an aromatic ring is 1. The molecule has 0 amide bonds. The molecule has 7 nitrogen and oxygen atoms in total. The maximum Gasteiger partial charge on any atom is 0.330 e. The van der Waals surface area contributed by atoms with Crippen LogP contribution in [0.1, 0.15) is 59.8 Å². The highest BCUT2D eigenvalue weighted by Crippen LogP contribution is 2.18. The zero-order valence-corrected chi connectivity index (χ0v) is 16.5. The van der Waals surface area contributed by atoms with Gasteiger partial charge in [0, 0.05) is 19.1 Å². The third-order valence-electron chi connectivity index (χ3n) is 3.86. The molecule has 0 atom stereocenters. The molecule has 4 N–H and O–H groups in total. The number of nitrogens with zero attached hydrogens (tertiary/aromatic N) is 2. The van der Waals surface area contributed by atoms with Crippen molar-refractivity contribution >= 4 is 28.8 Å². The Bertz CT molecular complexity index is 681. The number of H-pyrrole nitrogens is 1. The summed E-state index contributed by atoms with van der Waals surface area (Å²) in [5.41, 5.74) is 5.49. The second-order valence-electron chi connectivity index (χ2n) is 6.46. The van der Waals surface area contributed by atoms with Crippen molar-refractivity contribution in [2.24, 2.45) is 0 Å². The number of aromatic amines is 1. The number of hydrogen-bond acceptors (Lipinski definition) is 4. The van der Waals surface area contributed by atoms with E-state index < -0.39 is 11.2 Å². The predicted molar refractivity (Wildman–Crippen MR) is 108 cm³/mol.